The molecule has 2 aromatic heterocycles. The highest BCUT2D eigenvalue weighted by atomic mass is 16.5. The number of alkyl carbamates (subject to hydrolysis) is 1. The largest absolute Gasteiger partial charge is 0.471 e. The number of aromatic nitrogens is 4. The Bertz CT molecular complexity index is 2110. The molecule has 0 bridgehead atoms. The molecule has 14 nitrogen and oxygen atoms in total. The zero-order valence-corrected chi connectivity index (χ0v) is 33.5. The van der Waals surface area contributed by atoms with Crippen LogP contribution in [0.1, 0.15) is 86.0 Å². The Morgan fingerprint density at radius 3 is 2.51 bits per heavy atom. The summed E-state index contributed by atoms with van der Waals surface area (Å²) < 4.78 is 8.46. The number of H-pyrrole nitrogens is 2. The predicted octanol–water partition coefficient (Wildman–Crippen LogP) is 4.89. The van der Waals surface area contributed by atoms with Gasteiger partial charge in [-0.05, 0) is 93.8 Å². The molecule has 302 valence electrons. The van der Waals surface area contributed by atoms with Crippen LogP contribution in [-0.4, -0.2) is 95.7 Å². The minimum Gasteiger partial charge on any atom is -0.471 e. The van der Waals surface area contributed by atoms with Gasteiger partial charge in [-0.3, -0.25) is 14.4 Å². The number of nitrogens with one attached hydrogen (secondary N) is 5. The summed E-state index contributed by atoms with van der Waals surface area (Å²) in [6, 6.07) is 11.4. The van der Waals surface area contributed by atoms with Crippen LogP contribution >= 0.6 is 0 Å². The zero-order valence-electron chi connectivity index (χ0n) is 33.5. The second-order valence-corrected chi connectivity index (χ2v) is 14.5. The van der Waals surface area contributed by atoms with Crippen LogP contribution in [0.25, 0.3) is 22.3 Å². The van der Waals surface area contributed by atoms with E-state index in [0.29, 0.717) is 19.4 Å². The summed E-state index contributed by atoms with van der Waals surface area (Å²) in [4.78, 5) is 65.2. The fraction of sp³-hybridized carbons (Fsp3) is 0.442. The van der Waals surface area contributed by atoms with Crippen molar-refractivity contribution in [1.29, 1.82) is 0 Å². The number of fused-ring (bicyclic) bond motifs is 4. The van der Waals surface area contributed by atoms with Crippen LogP contribution < -0.4 is 16.0 Å². The smallest absolute Gasteiger partial charge is 0.407 e. The number of likely N-dealkylation sites (N-methyl/N-ethyl adjacent to an activating group) is 1. The summed E-state index contributed by atoms with van der Waals surface area (Å²) in [5.74, 6) is 8.55. The van der Waals surface area contributed by atoms with Crippen molar-refractivity contribution in [2.24, 2.45) is 5.92 Å². The lowest BCUT2D eigenvalue weighted by atomic mass is 9.91. The number of aromatic amines is 2. The maximum Gasteiger partial charge on any atom is 0.407 e. The molecule has 3 amide bonds. The van der Waals surface area contributed by atoms with Crippen LogP contribution in [0.3, 0.4) is 0 Å². The van der Waals surface area contributed by atoms with Crippen LogP contribution in [0.5, 0.6) is 0 Å². The second kappa shape index (κ2) is 20.3. The number of hydrogen-bond donors (Lipinski definition) is 5. The third kappa shape index (κ3) is 10.7. The SMILES string of the molecule is C=CC[C@H](NC(=O)OC)C(=O)NCCCCc1nc2ccc(C#Cc3ccc4c(c3)CCc3[nH]c(C5CCCN5C(=O)C(NC)C(C)C)nc3-4)cc2[nH]1.COC=O. The normalized spacial score (nSPS) is 15.2. The molecular weight excluding hydrogens is 725 g/mol. The molecule has 14 heteroatoms. The molecule has 2 aliphatic rings. The molecule has 57 heavy (non-hydrogen) atoms. The van der Waals surface area contributed by atoms with E-state index in [4.69, 9.17) is 14.8 Å². The van der Waals surface area contributed by atoms with Crippen molar-refractivity contribution >= 4 is 35.4 Å². The Morgan fingerprint density at radius 1 is 1.05 bits per heavy atom. The van der Waals surface area contributed by atoms with Crippen molar-refractivity contribution in [3.63, 3.8) is 0 Å². The molecule has 2 aromatic carbocycles. The van der Waals surface area contributed by atoms with E-state index in [-0.39, 0.29) is 29.8 Å². The minimum atomic E-state index is -0.715. The van der Waals surface area contributed by atoms with Gasteiger partial charge in [-0.15, -0.1) is 6.58 Å². The molecule has 0 saturated carbocycles. The maximum absolute atomic E-state index is 13.4. The fourth-order valence-electron chi connectivity index (χ4n) is 7.35. The van der Waals surface area contributed by atoms with Crippen molar-refractivity contribution in [1.82, 2.24) is 40.8 Å². The quantitative estimate of drug-likeness (QED) is 0.0515. The Morgan fingerprint density at radius 2 is 1.81 bits per heavy atom. The molecule has 4 aromatic rings. The lowest BCUT2D eigenvalue weighted by molar-refractivity contribution is -0.135. The van der Waals surface area contributed by atoms with Gasteiger partial charge < -0.3 is 40.3 Å². The molecule has 3 heterocycles. The van der Waals surface area contributed by atoms with Crippen LogP contribution in [0.15, 0.2) is 49.1 Å². The Labute approximate surface area is 334 Å². The van der Waals surface area contributed by atoms with Crippen LogP contribution in [-0.2, 0) is 43.1 Å². The van der Waals surface area contributed by atoms with Gasteiger partial charge >= 0.3 is 6.09 Å². The van der Waals surface area contributed by atoms with Crippen molar-refractivity contribution in [3.05, 3.63) is 83.1 Å². The summed E-state index contributed by atoms with van der Waals surface area (Å²) in [5, 5.41) is 8.60. The highest BCUT2D eigenvalue weighted by Crippen LogP contribution is 2.37. The summed E-state index contributed by atoms with van der Waals surface area (Å²) in [5.41, 5.74) is 8.17. The minimum absolute atomic E-state index is 0.0287. The van der Waals surface area contributed by atoms with Crippen molar-refractivity contribution in [2.75, 3.05) is 34.4 Å². The molecule has 6 rings (SSSR count). The van der Waals surface area contributed by atoms with Crippen molar-refractivity contribution < 1.29 is 28.7 Å². The number of methoxy groups -OCH3 is 2. The third-order valence-electron chi connectivity index (χ3n) is 10.2. The predicted molar refractivity (Wildman–Crippen MR) is 218 cm³/mol. The van der Waals surface area contributed by atoms with E-state index in [1.54, 1.807) is 6.08 Å². The molecule has 0 spiro atoms. The van der Waals surface area contributed by atoms with Gasteiger partial charge in [-0.25, -0.2) is 14.8 Å². The summed E-state index contributed by atoms with van der Waals surface area (Å²) >= 11 is 0. The number of unbranched alkanes of at least 4 members (excludes halogenated alkanes) is 1. The van der Waals surface area contributed by atoms with E-state index < -0.39 is 12.1 Å². The van der Waals surface area contributed by atoms with Gasteiger partial charge in [0.05, 0.1) is 43.0 Å². The molecule has 3 atom stereocenters. The first-order chi connectivity index (χ1) is 27.6. The number of likely N-dealkylation sites (tertiary alicyclic amines) is 1. The van der Waals surface area contributed by atoms with Gasteiger partial charge in [0.1, 0.15) is 17.7 Å². The highest BCUT2D eigenvalue weighted by molar-refractivity contribution is 5.86. The molecule has 0 radical (unpaired) electrons. The molecular formula is C43H54N8O6. The average molecular weight is 779 g/mol. The Kier molecular flexibility index (Phi) is 15.0. The van der Waals surface area contributed by atoms with E-state index in [2.05, 4.69) is 85.9 Å². The first kappa shape index (κ1) is 42.2. The van der Waals surface area contributed by atoms with Crippen molar-refractivity contribution in [2.45, 2.75) is 83.3 Å². The third-order valence-corrected chi connectivity index (χ3v) is 10.2. The maximum atomic E-state index is 13.4. The van der Waals surface area contributed by atoms with E-state index in [9.17, 15) is 14.4 Å². The van der Waals surface area contributed by atoms with Gasteiger partial charge in [0.15, 0.2) is 0 Å². The van der Waals surface area contributed by atoms with Crippen LogP contribution in [0.4, 0.5) is 4.79 Å². The number of benzene rings is 2. The van der Waals surface area contributed by atoms with Crippen LogP contribution in [0.2, 0.25) is 0 Å². The number of ether oxygens (including phenoxy) is 2. The number of nitrogens with zero attached hydrogens (tertiary/aromatic N) is 3. The molecule has 1 saturated heterocycles. The monoisotopic (exact) mass is 778 g/mol. The van der Waals surface area contributed by atoms with E-state index in [0.717, 1.165) is 102 Å². The van der Waals surface area contributed by atoms with Gasteiger partial charge in [0.25, 0.3) is 6.47 Å². The molecule has 1 aliphatic heterocycles. The van der Waals surface area contributed by atoms with Gasteiger partial charge in [-0.1, -0.05) is 37.8 Å². The summed E-state index contributed by atoms with van der Waals surface area (Å²) in [6.45, 7) is 9.42. The number of imidazole rings is 2. The van der Waals surface area contributed by atoms with Crippen molar-refractivity contribution in [3.8, 4) is 23.1 Å². The van der Waals surface area contributed by atoms with E-state index in [1.807, 2.05) is 30.1 Å². The first-order valence-electron chi connectivity index (χ1n) is 19.5. The highest BCUT2D eigenvalue weighted by Gasteiger charge is 2.37. The summed E-state index contributed by atoms with van der Waals surface area (Å²) in [6.07, 6.45) is 7.24. The fourth-order valence-corrected chi connectivity index (χ4v) is 7.35. The lowest BCUT2D eigenvalue weighted by Gasteiger charge is -2.29. The molecule has 5 N–H and O–H groups in total. The van der Waals surface area contributed by atoms with Gasteiger partial charge in [0.2, 0.25) is 11.8 Å². The number of rotatable bonds is 14. The molecule has 2 unspecified atom stereocenters. The first-order valence-corrected chi connectivity index (χ1v) is 19.5. The summed E-state index contributed by atoms with van der Waals surface area (Å²) in [7, 11) is 4.43. The Balaban J connectivity index is 0.00000148. The second-order valence-electron chi connectivity index (χ2n) is 14.5. The van der Waals surface area contributed by atoms with E-state index >= 15 is 0 Å². The lowest BCUT2D eigenvalue weighted by Crippen LogP contribution is -2.47. The zero-order chi connectivity index (χ0) is 40.9. The Hall–Kier alpha value is -5.94. The number of amides is 3. The number of hydrogen-bond acceptors (Lipinski definition) is 9. The molecule has 1 fully saturated rings. The molecule has 1 aliphatic carbocycles. The van der Waals surface area contributed by atoms with Gasteiger partial charge in [0, 0.05) is 41.9 Å². The number of carbonyl (C=O) groups excluding carboxylic acids is 4. The average Bonchev–Trinajstić information content (AvgIpc) is 3.98. The van der Waals surface area contributed by atoms with E-state index in [1.165, 1.54) is 19.8 Å². The number of aryl methyl sites for hydroxylation is 3. The van der Waals surface area contributed by atoms with Crippen LogP contribution in [0, 0.1) is 17.8 Å². The van der Waals surface area contributed by atoms with Gasteiger partial charge in [-0.2, -0.15) is 0 Å². The topological polar surface area (TPSA) is 183 Å². The number of carbonyl (C=O) groups is 4. The standard InChI is InChI=1S/C41H50N8O4.C2H4O2/c1-6-10-32(47-41(52)53-5)39(50)43-21-8-7-12-35-44-30-19-16-27(24-33(30)45-35)14-13-26-15-18-29-28(23-26)17-20-31-37(29)48-38(46-31)34-11-9-22-49(34)40(51)36(42-4)25(2)3;1-4-2-3/h6,15-16,18-19,23-25,32,34,36,42H,1,7-12,17,20-22H2,2-5H3,(H,43,50)(H,44,45)(H,46,48)(H,47,52);2H,1H3/t32-,34?,36?;/m0./s1.